The van der Waals surface area contributed by atoms with Gasteiger partial charge in [0.25, 0.3) is 0 Å². The zero-order valence-corrected chi connectivity index (χ0v) is 17.6. The zero-order valence-electron chi connectivity index (χ0n) is 16.8. The molecule has 1 aromatic carbocycles. The Morgan fingerprint density at radius 1 is 0.969 bits per heavy atom. The lowest BCUT2D eigenvalue weighted by molar-refractivity contribution is 0.630. The maximum absolute atomic E-state index is 14.5. The molecule has 0 amide bonds. The average molecular weight is 446 g/mol. The molecule has 5 aromatic rings. The highest BCUT2D eigenvalue weighted by atomic mass is 35.5. The van der Waals surface area contributed by atoms with Crippen LogP contribution >= 0.6 is 11.6 Å². The van der Waals surface area contributed by atoms with Crippen LogP contribution in [0, 0.1) is 5.82 Å². The smallest absolute Gasteiger partial charge is 0.203 e. The van der Waals surface area contributed by atoms with Gasteiger partial charge >= 0.3 is 0 Å². The van der Waals surface area contributed by atoms with E-state index in [1.165, 1.54) is 12.1 Å². The standard InChI is InChI=1S/C23H17ClFN7/c24-14-2-3-17(25)15(9-14)22-16(11-29-31-22)18-4-5-19-20(30-18)8-13(10-27-19)21-12-28-23-26-6-1-7-32(21)23/h2-5,8-12H,1,6-7H2,(H,26,28)(H,29,31). The van der Waals surface area contributed by atoms with Gasteiger partial charge in [-0.05, 0) is 42.8 Å². The molecule has 0 atom stereocenters. The van der Waals surface area contributed by atoms with Crippen LogP contribution in [0.25, 0.3) is 44.8 Å². The molecule has 1 aliphatic rings. The second kappa shape index (κ2) is 7.42. The topological polar surface area (TPSA) is 84.3 Å². The number of benzene rings is 1. The fourth-order valence-corrected chi connectivity index (χ4v) is 4.25. The van der Waals surface area contributed by atoms with E-state index < -0.39 is 0 Å². The van der Waals surface area contributed by atoms with Crippen molar-refractivity contribution in [1.82, 2.24) is 29.7 Å². The minimum absolute atomic E-state index is 0.345. The summed E-state index contributed by atoms with van der Waals surface area (Å²) in [5.41, 5.74) is 5.66. The lowest BCUT2D eigenvalue weighted by Crippen LogP contribution is -2.17. The van der Waals surface area contributed by atoms with E-state index in [9.17, 15) is 4.39 Å². The van der Waals surface area contributed by atoms with Crippen molar-refractivity contribution in [3.8, 4) is 33.8 Å². The number of halogens is 2. The summed E-state index contributed by atoms with van der Waals surface area (Å²) >= 11 is 6.09. The van der Waals surface area contributed by atoms with Gasteiger partial charge in [0.1, 0.15) is 5.82 Å². The van der Waals surface area contributed by atoms with Gasteiger partial charge in [-0.1, -0.05) is 11.6 Å². The van der Waals surface area contributed by atoms with Crippen LogP contribution in [0.5, 0.6) is 0 Å². The molecule has 6 rings (SSSR count). The molecule has 4 aromatic heterocycles. The van der Waals surface area contributed by atoms with Crippen molar-refractivity contribution in [2.45, 2.75) is 13.0 Å². The van der Waals surface area contributed by atoms with Gasteiger partial charge in [-0.25, -0.2) is 14.4 Å². The summed E-state index contributed by atoms with van der Waals surface area (Å²) in [5, 5.41) is 10.8. The molecule has 0 unspecified atom stereocenters. The van der Waals surface area contributed by atoms with E-state index in [4.69, 9.17) is 16.6 Å². The van der Waals surface area contributed by atoms with Gasteiger partial charge in [0.2, 0.25) is 5.95 Å². The fraction of sp³-hybridized carbons (Fsp3) is 0.130. The number of fused-ring (bicyclic) bond motifs is 2. The van der Waals surface area contributed by atoms with Gasteiger partial charge in [-0.3, -0.25) is 10.1 Å². The van der Waals surface area contributed by atoms with Gasteiger partial charge in [-0.2, -0.15) is 5.10 Å². The summed E-state index contributed by atoms with van der Waals surface area (Å²) in [4.78, 5) is 13.9. The van der Waals surface area contributed by atoms with Gasteiger partial charge < -0.3 is 9.88 Å². The summed E-state index contributed by atoms with van der Waals surface area (Å²) in [6.07, 6.45) is 6.38. The number of nitrogens with zero attached hydrogens (tertiary/aromatic N) is 5. The van der Waals surface area contributed by atoms with E-state index in [1.54, 1.807) is 12.3 Å². The number of hydrogen-bond donors (Lipinski definition) is 2. The highest BCUT2D eigenvalue weighted by Crippen LogP contribution is 2.33. The number of rotatable bonds is 3. The molecule has 2 N–H and O–H groups in total. The molecule has 0 saturated heterocycles. The third-order valence-corrected chi connectivity index (χ3v) is 5.88. The van der Waals surface area contributed by atoms with Crippen molar-refractivity contribution >= 4 is 28.6 Å². The first kappa shape index (κ1) is 18.9. The second-order valence-corrected chi connectivity index (χ2v) is 8.08. The quantitative estimate of drug-likeness (QED) is 0.401. The number of H-pyrrole nitrogens is 1. The Bertz CT molecular complexity index is 1470. The number of nitrogens with one attached hydrogen (secondary N) is 2. The van der Waals surface area contributed by atoms with Crippen LogP contribution in [0.2, 0.25) is 5.02 Å². The Labute approximate surface area is 187 Å². The maximum atomic E-state index is 14.5. The maximum Gasteiger partial charge on any atom is 0.203 e. The van der Waals surface area contributed by atoms with Crippen molar-refractivity contribution in [2.75, 3.05) is 11.9 Å². The highest BCUT2D eigenvalue weighted by molar-refractivity contribution is 6.30. The largest absolute Gasteiger partial charge is 0.356 e. The van der Waals surface area contributed by atoms with E-state index in [-0.39, 0.29) is 5.82 Å². The molecule has 158 valence electrons. The Morgan fingerprint density at radius 3 is 2.84 bits per heavy atom. The first-order valence-corrected chi connectivity index (χ1v) is 10.6. The molecule has 0 saturated carbocycles. The number of aromatic amines is 1. The Balaban J connectivity index is 1.45. The molecule has 9 heteroatoms. The molecule has 0 radical (unpaired) electrons. The molecule has 0 aliphatic carbocycles. The monoisotopic (exact) mass is 445 g/mol. The Kier molecular flexibility index (Phi) is 4.39. The Hall–Kier alpha value is -3.78. The highest BCUT2D eigenvalue weighted by Gasteiger charge is 2.18. The minimum atomic E-state index is -0.385. The van der Waals surface area contributed by atoms with Crippen molar-refractivity contribution in [2.24, 2.45) is 0 Å². The summed E-state index contributed by atoms with van der Waals surface area (Å²) < 4.78 is 16.6. The molecule has 0 bridgehead atoms. The third-order valence-electron chi connectivity index (χ3n) is 5.64. The van der Waals surface area contributed by atoms with Crippen LogP contribution in [-0.2, 0) is 6.54 Å². The first-order chi connectivity index (χ1) is 15.7. The molecular weight excluding hydrogens is 429 g/mol. The Morgan fingerprint density at radius 2 is 1.91 bits per heavy atom. The van der Waals surface area contributed by atoms with Gasteiger partial charge in [0.15, 0.2) is 0 Å². The van der Waals surface area contributed by atoms with E-state index in [1.807, 2.05) is 30.6 Å². The van der Waals surface area contributed by atoms with Crippen molar-refractivity contribution in [1.29, 1.82) is 0 Å². The number of imidazole rings is 1. The number of aromatic nitrogens is 6. The van der Waals surface area contributed by atoms with E-state index in [0.29, 0.717) is 27.5 Å². The minimum Gasteiger partial charge on any atom is -0.356 e. The van der Waals surface area contributed by atoms with Crippen molar-refractivity contribution in [3.05, 3.63) is 65.8 Å². The lowest BCUT2D eigenvalue weighted by Gasteiger charge is -2.17. The summed E-state index contributed by atoms with van der Waals surface area (Å²) in [5.74, 6) is 0.489. The van der Waals surface area contributed by atoms with Crippen LogP contribution in [0.4, 0.5) is 10.3 Å². The summed E-state index contributed by atoms with van der Waals surface area (Å²) in [6, 6.07) is 10.2. The molecule has 5 heterocycles. The van der Waals surface area contributed by atoms with E-state index >= 15 is 0 Å². The zero-order chi connectivity index (χ0) is 21.7. The number of anilines is 1. The number of pyridine rings is 2. The predicted molar refractivity (Wildman–Crippen MR) is 122 cm³/mol. The SMILES string of the molecule is Fc1ccc(Cl)cc1-c1[nH]ncc1-c1ccc2ncc(-c3cnc4n3CCCN4)cc2n1. The molecule has 32 heavy (non-hydrogen) atoms. The van der Waals surface area contributed by atoms with E-state index in [0.717, 1.165) is 47.7 Å². The second-order valence-electron chi connectivity index (χ2n) is 7.64. The molecular formula is C23H17ClFN7. The van der Waals surface area contributed by atoms with Crippen LogP contribution < -0.4 is 5.32 Å². The van der Waals surface area contributed by atoms with Crippen LogP contribution in [0.1, 0.15) is 6.42 Å². The summed E-state index contributed by atoms with van der Waals surface area (Å²) in [6.45, 7) is 1.84. The summed E-state index contributed by atoms with van der Waals surface area (Å²) in [7, 11) is 0. The van der Waals surface area contributed by atoms with Gasteiger partial charge in [0.05, 0.1) is 40.5 Å². The van der Waals surface area contributed by atoms with Gasteiger partial charge in [-0.15, -0.1) is 0 Å². The molecule has 1 aliphatic heterocycles. The first-order valence-electron chi connectivity index (χ1n) is 10.2. The normalized spacial score (nSPS) is 13.2. The van der Waals surface area contributed by atoms with Crippen LogP contribution in [0.3, 0.4) is 0 Å². The van der Waals surface area contributed by atoms with E-state index in [2.05, 4.69) is 30.0 Å². The van der Waals surface area contributed by atoms with Crippen LogP contribution in [0.15, 0.2) is 55.0 Å². The average Bonchev–Trinajstić information content (AvgIpc) is 3.47. The van der Waals surface area contributed by atoms with Crippen molar-refractivity contribution in [3.63, 3.8) is 0 Å². The molecule has 7 nitrogen and oxygen atoms in total. The lowest BCUT2D eigenvalue weighted by atomic mass is 10.0. The fourth-order valence-electron chi connectivity index (χ4n) is 4.08. The third kappa shape index (κ3) is 3.11. The van der Waals surface area contributed by atoms with Crippen molar-refractivity contribution < 1.29 is 4.39 Å². The molecule has 0 fully saturated rings. The molecule has 0 spiro atoms. The van der Waals surface area contributed by atoms with Gasteiger partial charge in [0, 0.05) is 41.0 Å². The predicted octanol–water partition coefficient (Wildman–Crippen LogP) is 5.16. The van der Waals surface area contributed by atoms with Crippen LogP contribution in [-0.4, -0.2) is 36.3 Å². The number of hydrogen-bond acceptors (Lipinski definition) is 5.